The van der Waals surface area contributed by atoms with Gasteiger partial charge in [-0.1, -0.05) is 0 Å². The van der Waals surface area contributed by atoms with Crippen molar-refractivity contribution in [3.8, 4) is 0 Å². The summed E-state index contributed by atoms with van der Waals surface area (Å²) in [6, 6.07) is 0. The van der Waals surface area contributed by atoms with Crippen molar-refractivity contribution in [3.05, 3.63) is 10.6 Å². The van der Waals surface area contributed by atoms with Crippen LogP contribution in [0.4, 0.5) is 5.95 Å². The maximum Gasteiger partial charge on any atom is 0.303 e. The molecule has 0 aromatic carbocycles. The van der Waals surface area contributed by atoms with Gasteiger partial charge in [-0.05, 0) is 23.2 Å². The van der Waals surface area contributed by atoms with E-state index < -0.39 is 10.2 Å². The van der Waals surface area contributed by atoms with Gasteiger partial charge in [0.1, 0.15) is 0 Å². The fourth-order valence-corrected chi connectivity index (χ4v) is 1.45. The Morgan fingerprint density at radius 3 is 2.00 bits per heavy atom. The van der Waals surface area contributed by atoms with E-state index in [0.29, 0.717) is 0 Å². The molecule has 0 atom stereocenters. The van der Waals surface area contributed by atoms with Gasteiger partial charge in [-0.25, -0.2) is 4.72 Å². The van der Waals surface area contributed by atoms with Crippen molar-refractivity contribution in [2.24, 2.45) is 0 Å². The fraction of sp³-hybridized carbons (Fsp3) is 0.400. The van der Waals surface area contributed by atoms with Gasteiger partial charge in [0.15, 0.2) is 0 Å². The van der Waals surface area contributed by atoms with Crippen molar-refractivity contribution in [1.29, 1.82) is 0 Å². The number of hydrogen-bond donors (Lipinski definition) is 1. The van der Waals surface area contributed by atoms with E-state index in [1.54, 1.807) is 0 Å². The third-order valence-corrected chi connectivity index (χ3v) is 3.02. The summed E-state index contributed by atoms with van der Waals surface area (Å²) in [5.74, 6) is -0.228. The van der Waals surface area contributed by atoms with Crippen molar-refractivity contribution in [3.63, 3.8) is 0 Å². The summed E-state index contributed by atoms with van der Waals surface area (Å²) in [6.45, 7) is 0. The molecule has 0 aliphatic heterocycles. The second-order valence-electron chi connectivity index (χ2n) is 2.59. The van der Waals surface area contributed by atoms with E-state index in [0.717, 1.165) is 4.31 Å². The molecule has 0 fully saturated rings. The number of nitrogens with one attached hydrogen (secondary N) is 1. The largest absolute Gasteiger partial charge is 0.303 e. The van der Waals surface area contributed by atoms with E-state index in [1.165, 1.54) is 14.1 Å². The molecule has 15 heavy (non-hydrogen) atoms. The Bertz CT molecular complexity index is 442. The highest BCUT2D eigenvalue weighted by Gasteiger charge is 2.15. The molecule has 1 N–H and O–H groups in total. The number of aromatic nitrogens is 3. The minimum absolute atomic E-state index is 0.188. The second-order valence-corrected chi connectivity index (χ2v) is 5.15. The van der Waals surface area contributed by atoms with Crippen molar-refractivity contribution < 1.29 is 8.42 Å². The van der Waals surface area contributed by atoms with E-state index in [9.17, 15) is 8.42 Å². The normalized spacial score (nSPS) is 11.8. The summed E-state index contributed by atoms with van der Waals surface area (Å²) in [6.07, 6.45) is 0. The molecule has 0 saturated carbocycles. The maximum absolute atomic E-state index is 11.4. The lowest BCUT2D eigenvalue weighted by Gasteiger charge is -2.11. The van der Waals surface area contributed by atoms with E-state index in [-0.39, 0.29) is 16.5 Å². The van der Waals surface area contributed by atoms with Crippen LogP contribution in [0.5, 0.6) is 0 Å². The smallest absolute Gasteiger partial charge is 0.238 e. The summed E-state index contributed by atoms with van der Waals surface area (Å²) in [4.78, 5) is 10.6. The van der Waals surface area contributed by atoms with Crippen molar-refractivity contribution in [2.75, 3.05) is 18.8 Å². The number of anilines is 1. The molecule has 1 aromatic rings. The molecule has 0 bridgehead atoms. The summed E-state index contributed by atoms with van der Waals surface area (Å²) in [5, 5.41) is -0.377. The minimum atomic E-state index is -3.67. The van der Waals surface area contributed by atoms with Crippen LogP contribution in [-0.2, 0) is 10.2 Å². The first-order valence-corrected chi connectivity index (χ1v) is 5.78. The van der Waals surface area contributed by atoms with Crippen LogP contribution < -0.4 is 4.72 Å². The van der Waals surface area contributed by atoms with Crippen LogP contribution >= 0.6 is 23.2 Å². The third-order valence-electron chi connectivity index (χ3n) is 1.28. The van der Waals surface area contributed by atoms with Crippen molar-refractivity contribution in [2.45, 2.75) is 0 Å². The number of nitrogens with zero attached hydrogens (tertiary/aromatic N) is 4. The van der Waals surface area contributed by atoms with Gasteiger partial charge in [0.25, 0.3) is 0 Å². The summed E-state index contributed by atoms with van der Waals surface area (Å²) < 4.78 is 25.7. The van der Waals surface area contributed by atoms with Gasteiger partial charge in [-0.2, -0.15) is 27.7 Å². The zero-order chi connectivity index (χ0) is 11.6. The Morgan fingerprint density at radius 2 is 1.60 bits per heavy atom. The molecule has 0 saturated heterocycles. The lowest BCUT2D eigenvalue weighted by molar-refractivity contribution is 0.526. The molecule has 0 amide bonds. The van der Waals surface area contributed by atoms with Crippen LogP contribution in [0.1, 0.15) is 0 Å². The van der Waals surface area contributed by atoms with Crippen LogP contribution in [0, 0.1) is 0 Å². The van der Waals surface area contributed by atoms with Gasteiger partial charge in [0, 0.05) is 14.1 Å². The highest BCUT2D eigenvalue weighted by molar-refractivity contribution is 7.90. The Balaban J connectivity index is 3.00. The Hall–Kier alpha value is -0.700. The van der Waals surface area contributed by atoms with Gasteiger partial charge in [0.2, 0.25) is 16.5 Å². The average molecular weight is 272 g/mol. The van der Waals surface area contributed by atoms with E-state index in [4.69, 9.17) is 23.2 Å². The minimum Gasteiger partial charge on any atom is -0.238 e. The quantitative estimate of drug-likeness (QED) is 0.860. The van der Waals surface area contributed by atoms with Crippen molar-refractivity contribution >= 4 is 39.4 Å². The SMILES string of the molecule is CN(C)S(=O)(=O)Nc1nc(Cl)nc(Cl)n1. The first-order chi connectivity index (χ1) is 6.81. The van der Waals surface area contributed by atoms with Gasteiger partial charge in [-0.15, -0.1) is 0 Å². The molecule has 0 radical (unpaired) electrons. The van der Waals surface area contributed by atoms with Crippen LogP contribution in [0.25, 0.3) is 0 Å². The maximum atomic E-state index is 11.4. The average Bonchev–Trinajstić information content (AvgIpc) is 1.99. The van der Waals surface area contributed by atoms with Gasteiger partial charge in [-0.3, -0.25) is 0 Å². The van der Waals surface area contributed by atoms with Gasteiger partial charge >= 0.3 is 10.2 Å². The lowest BCUT2D eigenvalue weighted by atomic mass is 11.0. The molecule has 0 unspecified atom stereocenters. The molecule has 1 rings (SSSR count). The first kappa shape index (κ1) is 12.4. The zero-order valence-electron chi connectivity index (χ0n) is 7.77. The Kier molecular flexibility index (Phi) is 3.66. The molecule has 1 heterocycles. The van der Waals surface area contributed by atoms with Crippen LogP contribution in [0.15, 0.2) is 0 Å². The number of halogens is 2. The van der Waals surface area contributed by atoms with Crippen molar-refractivity contribution in [1.82, 2.24) is 19.3 Å². The van der Waals surface area contributed by atoms with Gasteiger partial charge in [0.05, 0.1) is 0 Å². The molecule has 7 nitrogen and oxygen atoms in total. The molecule has 0 aliphatic carbocycles. The summed E-state index contributed by atoms with van der Waals surface area (Å²) >= 11 is 10.9. The zero-order valence-corrected chi connectivity index (χ0v) is 10.1. The number of rotatable bonds is 3. The summed E-state index contributed by atoms with van der Waals surface area (Å²) in [5.41, 5.74) is 0. The Morgan fingerprint density at radius 1 is 1.13 bits per heavy atom. The highest BCUT2D eigenvalue weighted by atomic mass is 35.5. The number of hydrogen-bond acceptors (Lipinski definition) is 5. The first-order valence-electron chi connectivity index (χ1n) is 3.58. The topological polar surface area (TPSA) is 88.1 Å². The third kappa shape index (κ3) is 3.42. The second kappa shape index (κ2) is 4.44. The Labute approximate surface area is 96.6 Å². The van der Waals surface area contributed by atoms with Crippen LogP contribution in [-0.4, -0.2) is 41.8 Å². The van der Waals surface area contributed by atoms with E-state index in [1.807, 2.05) is 0 Å². The molecule has 10 heteroatoms. The molecule has 0 spiro atoms. The van der Waals surface area contributed by atoms with Gasteiger partial charge < -0.3 is 0 Å². The predicted octanol–water partition coefficient (Wildman–Crippen LogP) is 0.397. The highest BCUT2D eigenvalue weighted by Crippen LogP contribution is 2.11. The van der Waals surface area contributed by atoms with Crippen LogP contribution in [0.3, 0.4) is 0 Å². The van der Waals surface area contributed by atoms with E-state index >= 15 is 0 Å². The molecule has 84 valence electrons. The fourth-order valence-electron chi connectivity index (χ4n) is 0.578. The van der Waals surface area contributed by atoms with Crippen LogP contribution in [0.2, 0.25) is 10.6 Å². The lowest BCUT2D eigenvalue weighted by Crippen LogP contribution is -2.29. The molecule has 0 aliphatic rings. The molecule has 1 aromatic heterocycles. The predicted molar refractivity (Wildman–Crippen MR) is 56.1 cm³/mol. The monoisotopic (exact) mass is 271 g/mol. The molecular formula is C5H7Cl2N5O2S. The summed E-state index contributed by atoms with van der Waals surface area (Å²) in [7, 11) is -0.964. The van der Waals surface area contributed by atoms with E-state index in [2.05, 4.69) is 19.7 Å². The standard InChI is InChI=1S/C5H7Cl2N5O2S/c1-12(2)15(13,14)11-5-9-3(6)8-4(7)10-5/h1-2H3,(H,8,9,10,11). The molecular weight excluding hydrogens is 265 g/mol.